The molecule has 0 spiro atoms. The number of aryl methyl sites for hydroxylation is 2. The molecule has 1 N–H and O–H groups in total. The lowest BCUT2D eigenvalue weighted by molar-refractivity contribution is -0.131. The first-order valence-corrected chi connectivity index (χ1v) is 11.7. The topological polar surface area (TPSA) is 96.9 Å². The Morgan fingerprint density at radius 2 is 1.88 bits per heavy atom. The van der Waals surface area contributed by atoms with Crippen LogP contribution in [0.2, 0.25) is 0 Å². The number of carbonyl (C=O) groups is 1. The molecule has 1 aliphatic rings. The van der Waals surface area contributed by atoms with E-state index in [4.69, 9.17) is 0 Å². The lowest BCUT2D eigenvalue weighted by Gasteiger charge is -2.33. The molecule has 0 bridgehead atoms. The second kappa shape index (κ2) is 9.77. The van der Waals surface area contributed by atoms with Crippen LogP contribution in [0.25, 0.3) is 0 Å². The molecule has 3 rings (SSSR count). The summed E-state index contributed by atoms with van der Waals surface area (Å²) in [4.78, 5) is 44.5. The third-order valence-electron chi connectivity index (χ3n) is 6.02. The molecule has 8 nitrogen and oxygen atoms in total. The maximum Gasteiger partial charge on any atom is 0.333 e. The van der Waals surface area contributed by atoms with Gasteiger partial charge in [0, 0.05) is 26.7 Å². The van der Waals surface area contributed by atoms with Crippen molar-refractivity contribution in [3.63, 3.8) is 0 Å². The summed E-state index contributed by atoms with van der Waals surface area (Å²) in [6.45, 7) is 6.72. The number of nitrogens with zero attached hydrogens (tertiary/aromatic N) is 4. The molecule has 9 heteroatoms. The standard InChI is InChI=1S/C23H30N4O4S/c1-14-9-10-17(12-15(14)2)24-20(19-21(29)25(4)23(31)26(5)22(19)30)32-13-18(28)27-11-7-6-8-16(27)3/h9-10,12,16,29H,6-8,11,13H2,1-5H3/t16-/m0/s1. The van der Waals surface area contributed by atoms with Crippen LogP contribution in [0.5, 0.6) is 5.88 Å². The molecule has 0 saturated carbocycles. The summed E-state index contributed by atoms with van der Waals surface area (Å²) in [6, 6.07) is 5.81. The zero-order chi connectivity index (χ0) is 23.6. The van der Waals surface area contributed by atoms with Crippen LogP contribution in [0.1, 0.15) is 42.9 Å². The van der Waals surface area contributed by atoms with Gasteiger partial charge in [0.25, 0.3) is 5.56 Å². The molecule has 2 aromatic rings. The van der Waals surface area contributed by atoms with Gasteiger partial charge in [0.05, 0.1) is 11.4 Å². The fraction of sp³-hybridized carbons (Fsp3) is 0.478. The second-order valence-corrected chi connectivity index (χ2v) is 9.27. The summed E-state index contributed by atoms with van der Waals surface area (Å²) in [7, 11) is 2.74. The van der Waals surface area contributed by atoms with Crippen LogP contribution in [-0.2, 0) is 18.9 Å². The lowest BCUT2D eigenvalue weighted by Crippen LogP contribution is -2.43. The van der Waals surface area contributed by atoms with Crippen LogP contribution in [-0.4, -0.2) is 48.4 Å². The van der Waals surface area contributed by atoms with E-state index in [1.807, 2.05) is 43.9 Å². The Kier molecular flexibility index (Phi) is 7.28. The predicted molar refractivity (Wildman–Crippen MR) is 128 cm³/mol. The average Bonchev–Trinajstić information content (AvgIpc) is 2.77. The Morgan fingerprint density at radius 3 is 2.53 bits per heavy atom. The molecular weight excluding hydrogens is 428 g/mol. The van der Waals surface area contributed by atoms with E-state index < -0.39 is 17.1 Å². The SMILES string of the molecule is Cc1ccc(N=C(SCC(=O)N2CCCC[C@@H]2C)c2c(O)n(C)c(=O)n(C)c2=O)cc1C. The summed E-state index contributed by atoms with van der Waals surface area (Å²) >= 11 is 1.11. The lowest BCUT2D eigenvalue weighted by atomic mass is 10.0. The number of aromatic nitrogens is 2. The molecule has 1 amide bonds. The number of hydrogen-bond donors (Lipinski definition) is 1. The molecule has 1 atom stereocenters. The Hall–Kier alpha value is -2.81. The number of benzene rings is 1. The van der Waals surface area contributed by atoms with E-state index in [-0.39, 0.29) is 28.3 Å². The Balaban J connectivity index is 2.04. The number of thioether (sulfide) groups is 1. The maximum absolute atomic E-state index is 12.9. The normalized spacial score (nSPS) is 17.0. The van der Waals surface area contributed by atoms with Crippen molar-refractivity contribution in [2.24, 2.45) is 19.1 Å². The highest BCUT2D eigenvalue weighted by atomic mass is 32.2. The predicted octanol–water partition coefficient (Wildman–Crippen LogP) is 2.62. The fourth-order valence-electron chi connectivity index (χ4n) is 3.78. The zero-order valence-electron chi connectivity index (χ0n) is 19.2. The maximum atomic E-state index is 12.9. The summed E-state index contributed by atoms with van der Waals surface area (Å²) in [5, 5.41) is 10.9. The van der Waals surface area contributed by atoms with Crippen LogP contribution in [0, 0.1) is 13.8 Å². The number of piperidine rings is 1. The zero-order valence-corrected chi connectivity index (χ0v) is 20.0. The van der Waals surface area contributed by atoms with Gasteiger partial charge < -0.3 is 10.0 Å². The number of aliphatic imine (C=N–C) groups is 1. The Bertz CT molecular complexity index is 1180. The second-order valence-electron chi connectivity index (χ2n) is 8.31. The summed E-state index contributed by atoms with van der Waals surface area (Å²) < 4.78 is 1.93. The van der Waals surface area contributed by atoms with Crippen molar-refractivity contribution < 1.29 is 9.90 Å². The van der Waals surface area contributed by atoms with Gasteiger partial charge in [-0.1, -0.05) is 17.8 Å². The monoisotopic (exact) mass is 458 g/mol. The van der Waals surface area contributed by atoms with E-state index in [9.17, 15) is 19.5 Å². The van der Waals surface area contributed by atoms with Gasteiger partial charge in [-0.2, -0.15) is 0 Å². The molecule has 1 fully saturated rings. The molecule has 0 aliphatic carbocycles. The minimum Gasteiger partial charge on any atom is -0.494 e. The van der Waals surface area contributed by atoms with Crippen molar-refractivity contribution in [1.82, 2.24) is 14.0 Å². The van der Waals surface area contributed by atoms with E-state index in [1.54, 1.807) is 0 Å². The van der Waals surface area contributed by atoms with Crippen molar-refractivity contribution in [2.75, 3.05) is 12.3 Å². The first kappa shape index (κ1) is 23.8. The minimum absolute atomic E-state index is 0.0314. The molecule has 1 saturated heterocycles. The summed E-state index contributed by atoms with van der Waals surface area (Å²) in [6.07, 6.45) is 3.06. The van der Waals surface area contributed by atoms with E-state index in [0.29, 0.717) is 5.69 Å². The number of likely N-dealkylation sites (tertiary alicyclic amines) is 1. The molecule has 0 radical (unpaired) electrons. The van der Waals surface area contributed by atoms with Crippen LogP contribution in [0.3, 0.4) is 0 Å². The molecule has 1 aromatic carbocycles. The molecular formula is C23H30N4O4S. The first-order valence-electron chi connectivity index (χ1n) is 10.7. The smallest absolute Gasteiger partial charge is 0.333 e. The van der Waals surface area contributed by atoms with Crippen molar-refractivity contribution in [3.8, 4) is 5.88 Å². The van der Waals surface area contributed by atoms with E-state index >= 15 is 0 Å². The van der Waals surface area contributed by atoms with E-state index in [1.165, 1.54) is 14.1 Å². The van der Waals surface area contributed by atoms with Gasteiger partial charge in [0.2, 0.25) is 11.8 Å². The average molecular weight is 459 g/mol. The van der Waals surface area contributed by atoms with Gasteiger partial charge in [0.1, 0.15) is 10.6 Å². The number of carbonyl (C=O) groups excluding carboxylic acids is 1. The third kappa shape index (κ3) is 4.82. The van der Waals surface area contributed by atoms with Crippen molar-refractivity contribution in [2.45, 2.75) is 46.1 Å². The van der Waals surface area contributed by atoms with Gasteiger partial charge in [-0.3, -0.25) is 18.7 Å². The van der Waals surface area contributed by atoms with Crippen LogP contribution in [0.4, 0.5) is 5.69 Å². The van der Waals surface area contributed by atoms with E-state index in [2.05, 4.69) is 4.99 Å². The molecule has 172 valence electrons. The highest BCUT2D eigenvalue weighted by molar-refractivity contribution is 8.15. The number of hydrogen-bond acceptors (Lipinski definition) is 6. The highest BCUT2D eigenvalue weighted by Gasteiger charge is 2.26. The van der Waals surface area contributed by atoms with Gasteiger partial charge in [0.15, 0.2) is 0 Å². The Labute approximate surface area is 191 Å². The molecule has 32 heavy (non-hydrogen) atoms. The van der Waals surface area contributed by atoms with Crippen molar-refractivity contribution in [3.05, 3.63) is 55.7 Å². The van der Waals surface area contributed by atoms with Gasteiger partial charge in [-0.05, 0) is 63.3 Å². The molecule has 1 aromatic heterocycles. The number of aromatic hydroxyl groups is 1. The third-order valence-corrected chi connectivity index (χ3v) is 6.98. The van der Waals surface area contributed by atoms with Crippen LogP contribution >= 0.6 is 11.8 Å². The summed E-state index contributed by atoms with van der Waals surface area (Å²) in [5.41, 5.74) is 1.37. The quantitative estimate of drug-likeness (QED) is 0.561. The van der Waals surface area contributed by atoms with Gasteiger partial charge in [-0.25, -0.2) is 9.79 Å². The number of rotatable bonds is 4. The van der Waals surface area contributed by atoms with Crippen molar-refractivity contribution >= 4 is 28.4 Å². The van der Waals surface area contributed by atoms with Crippen molar-refractivity contribution in [1.29, 1.82) is 0 Å². The van der Waals surface area contributed by atoms with Crippen LogP contribution in [0.15, 0.2) is 32.8 Å². The van der Waals surface area contributed by atoms with E-state index in [0.717, 1.165) is 57.8 Å². The highest BCUT2D eigenvalue weighted by Crippen LogP contribution is 2.26. The molecule has 1 aliphatic heterocycles. The largest absolute Gasteiger partial charge is 0.494 e. The first-order chi connectivity index (χ1) is 15.1. The van der Waals surface area contributed by atoms with Crippen LogP contribution < -0.4 is 11.2 Å². The minimum atomic E-state index is -0.653. The van der Waals surface area contributed by atoms with Gasteiger partial charge in [-0.15, -0.1) is 0 Å². The number of amides is 1. The molecule has 2 heterocycles. The van der Waals surface area contributed by atoms with Gasteiger partial charge >= 0.3 is 5.69 Å². The Morgan fingerprint density at radius 1 is 1.16 bits per heavy atom. The molecule has 0 unspecified atom stereocenters. The summed E-state index contributed by atoms with van der Waals surface area (Å²) in [5.74, 6) is -0.414. The fourth-order valence-corrected chi connectivity index (χ4v) is 4.69.